The Morgan fingerprint density at radius 2 is 1.82 bits per heavy atom. The summed E-state index contributed by atoms with van der Waals surface area (Å²) in [6, 6.07) is 4.50. The van der Waals surface area contributed by atoms with Crippen molar-refractivity contribution in [1.29, 1.82) is 0 Å². The fourth-order valence-corrected chi connectivity index (χ4v) is 1.95. The van der Waals surface area contributed by atoms with E-state index in [1.165, 1.54) is 5.56 Å². The number of ether oxygens (including phenoxy) is 1. The Hall–Kier alpha value is -1.28. The average molecular weight is 233 g/mol. The fourth-order valence-electron chi connectivity index (χ4n) is 1.95. The average Bonchev–Trinajstić information content (AvgIpc) is 2.22. The van der Waals surface area contributed by atoms with E-state index < -0.39 is 0 Å². The largest absolute Gasteiger partial charge is 0.486 e. The molecule has 2 nitrogen and oxygen atoms in total. The topological polar surface area (TPSA) is 35.2 Å². The van der Waals surface area contributed by atoms with E-state index in [4.69, 9.17) is 10.5 Å². The first-order valence-corrected chi connectivity index (χ1v) is 6.09. The van der Waals surface area contributed by atoms with Crippen LogP contribution >= 0.6 is 0 Å². The number of hydrogen-bond acceptors (Lipinski definition) is 2. The zero-order valence-electron chi connectivity index (χ0n) is 11.3. The highest BCUT2D eigenvalue weighted by molar-refractivity contribution is 5.43. The highest BCUT2D eigenvalue weighted by atomic mass is 16.5. The summed E-state index contributed by atoms with van der Waals surface area (Å²) >= 11 is 0. The highest BCUT2D eigenvalue weighted by Gasteiger charge is 2.09. The Kier molecular flexibility index (Phi) is 4.76. The summed E-state index contributed by atoms with van der Waals surface area (Å²) in [5.74, 6) is 0.964. The van der Waals surface area contributed by atoms with Gasteiger partial charge in [0.05, 0.1) is 0 Å². The van der Waals surface area contributed by atoms with Gasteiger partial charge in [-0.2, -0.15) is 0 Å². The second-order valence-corrected chi connectivity index (χ2v) is 4.80. The monoisotopic (exact) mass is 233 g/mol. The predicted octanol–water partition coefficient (Wildman–Crippen LogP) is 3.15. The lowest BCUT2D eigenvalue weighted by atomic mass is 10.0. The summed E-state index contributed by atoms with van der Waals surface area (Å²) in [6.45, 7) is 11.9. The van der Waals surface area contributed by atoms with E-state index >= 15 is 0 Å². The molecule has 2 atom stereocenters. The summed E-state index contributed by atoms with van der Waals surface area (Å²) in [7, 11) is 0. The van der Waals surface area contributed by atoms with E-state index in [9.17, 15) is 0 Å². The van der Waals surface area contributed by atoms with Crippen molar-refractivity contribution in [3.63, 3.8) is 0 Å². The lowest BCUT2D eigenvalue weighted by molar-refractivity contribution is 0.266. The molecular formula is C15H23NO. The first-order valence-electron chi connectivity index (χ1n) is 6.09. The van der Waals surface area contributed by atoms with E-state index in [-0.39, 0.29) is 12.1 Å². The molecule has 0 fully saturated rings. The third kappa shape index (κ3) is 3.90. The van der Waals surface area contributed by atoms with Crippen LogP contribution in [0.25, 0.3) is 0 Å². The standard InChI is InChI=1S/C15H23NO/c1-6-13(5)17-15-10(2)7-14(8-11(15)3)9-12(4)16/h6-8,12-13H,1,9,16H2,2-5H3. The van der Waals surface area contributed by atoms with Gasteiger partial charge in [-0.15, -0.1) is 0 Å². The van der Waals surface area contributed by atoms with Crippen LogP contribution in [0, 0.1) is 13.8 Å². The Labute approximate surface area is 104 Å². The highest BCUT2D eigenvalue weighted by Crippen LogP contribution is 2.26. The molecule has 0 aliphatic carbocycles. The maximum atomic E-state index is 5.84. The minimum atomic E-state index is 0.0340. The minimum absolute atomic E-state index is 0.0340. The van der Waals surface area contributed by atoms with Crippen molar-refractivity contribution in [1.82, 2.24) is 0 Å². The third-order valence-corrected chi connectivity index (χ3v) is 2.71. The molecule has 1 rings (SSSR count). The maximum Gasteiger partial charge on any atom is 0.126 e. The molecule has 0 saturated carbocycles. The number of aryl methyl sites for hydroxylation is 2. The molecule has 0 radical (unpaired) electrons. The predicted molar refractivity (Wildman–Crippen MR) is 73.6 cm³/mol. The van der Waals surface area contributed by atoms with Gasteiger partial charge in [0.15, 0.2) is 0 Å². The molecule has 0 saturated heterocycles. The van der Waals surface area contributed by atoms with Gasteiger partial charge in [0.25, 0.3) is 0 Å². The lowest BCUT2D eigenvalue weighted by Gasteiger charge is -2.17. The molecular weight excluding hydrogens is 210 g/mol. The SMILES string of the molecule is C=CC(C)Oc1c(C)cc(CC(C)N)cc1C. The molecule has 2 N–H and O–H groups in total. The molecule has 0 spiro atoms. The van der Waals surface area contributed by atoms with Gasteiger partial charge in [0.2, 0.25) is 0 Å². The molecule has 0 amide bonds. The van der Waals surface area contributed by atoms with Gasteiger partial charge in [0, 0.05) is 6.04 Å². The summed E-state index contributed by atoms with van der Waals surface area (Å²) in [6.07, 6.45) is 2.74. The molecule has 0 aliphatic rings. The van der Waals surface area contributed by atoms with Gasteiger partial charge in [-0.25, -0.2) is 0 Å². The fraction of sp³-hybridized carbons (Fsp3) is 0.467. The first kappa shape index (κ1) is 13.8. The zero-order valence-corrected chi connectivity index (χ0v) is 11.3. The van der Waals surface area contributed by atoms with Crippen LogP contribution in [-0.4, -0.2) is 12.1 Å². The van der Waals surface area contributed by atoms with Crippen molar-refractivity contribution in [2.75, 3.05) is 0 Å². The van der Waals surface area contributed by atoms with Crippen LogP contribution in [0.15, 0.2) is 24.8 Å². The van der Waals surface area contributed by atoms with Gasteiger partial charge >= 0.3 is 0 Å². The van der Waals surface area contributed by atoms with Crippen molar-refractivity contribution in [2.24, 2.45) is 5.73 Å². The van der Waals surface area contributed by atoms with Crippen LogP contribution in [0.2, 0.25) is 0 Å². The van der Waals surface area contributed by atoms with E-state index in [1.54, 1.807) is 6.08 Å². The molecule has 2 heteroatoms. The Morgan fingerprint density at radius 3 is 2.24 bits per heavy atom. The van der Waals surface area contributed by atoms with Crippen LogP contribution in [0.5, 0.6) is 5.75 Å². The van der Waals surface area contributed by atoms with Crippen LogP contribution < -0.4 is 10.5 Å². The molecule has 1 aromatic rings. The van der Waals surface area contributed by atoms with Crippen molar-refractivity contribution in [3.05, 3.63) is 41.5 Å². The van der Waals surface area contributed by atoms with Crippen LogP contribution in [0.1, 0.15) is 30.5 Å². The van der Waals surface area contributed by atoms with Gasteiger partial charge in [-0.05, 0) is 50.8 Å². The Balaban J connectivity index is 2.97. The number of benzene rings is 1. The van der Waals surface area contributed by atoms with Crippen LogP contribution in [0.4, 0.5) is 0 Å². The normalized spacial score (nSPS) is 14.2. The molecule has 17 heavy (non-hydrogen) atoms. The van der Waals surface area contributed by atoms with Gasteiger partial charge < -0.3 is 10.5 Å². The van der Waals surface area contributed by atoms with Crippen molar-refractivity contribution < 1.29 is 4.74 Å². The second kappa shape index (κ2) is 5.87. The van der Waals surface area contributed by atoms with E-state index in [2.05, 4.69) is 32.6 Å². The van der Waals surface area contributed by atoms with Gasteiger partial charge in [-0.3, -0.25) is 0 Å². The quantitative estimate of drug-likeness (QED) is 0.793. The zero-order chi connectivity index (χ0) is 13.0. The molecule has 94 valence electrons. The molecule has 0 aromatic heterocycles. The summed E-state index contributed by atoms with van der Waals surface area (Å²) in [5.41, 5.74) is 9.42. The molecule has 0 heterocycles. The molecule has 1 aromatic carbocycles. The summed E-state index contributed by atoms with van der Waals surface area (Å²) in [4.78, 5) is 0. The molecule has 0 aliphatic heterocycles. The second-order valence-electron chi connectivity index (χ2n) is 4.80. The summed E-state index contributed by atoms with van der Waals surface area (Å²) in [5, 5.41) is 0. The lowest BCUT2D eigenvalue weighted by Crippen LogP contribution is -2.18. The van der Waals surface area contributed by atoms with E-state index in [0.29, 0.717) is 0 Å². The smallest absolute Gasteiger partial charge is 0.126 e. The van der Waals surface area contributed by atoms with Crippen LogP contribution in [0.3, 0.4) is 0 Å². The number of nitrogens with two attached hydrogens (primary N) is 1. The van der Waals surface area contributed by atoms with Gasteiger partial charge in [0.1, 0.15) is 11.9 Å². The molecule has 2 unspecified atom stereocenters. The van der Waals surface area contributed by atoms with Crippen molar-refractivity contribution >= 4 is 0 Å². The first-order chi connectivity index (χ1) is 7.93. The summed E-state index contributed by atoms with van der Waals surface area (Å²) < 4.78 is 5.84. The minimum Gasteiger partial charge on any atom is -0.486 e. The number of hydrogen-bond donors (Lipinski definition) is 1. The maximum absolute atomic E-state index is 5.84. The van der Waals surface area contributed by atoms with E-state index in [0.717, 1.165) is 23.3 Å². The van der Waals surface area contributed by atoms with E-state index in [1.807, 2.05) is 13.8 Å². The molecule has 0 bridgehead atoms. The number of rotatable bonds is 5. The van der Waals surface area contributed by atoms with Crippen molar-refractivity contribution in [3.8, 4) is 5.75 Å². The third-order valence-electron chi connectivity index (χ3n) is 2.71. The Morgan fingerprint density at radius 1 is 1.29 bits per heavy atom. The van der Waals surface area contributed by atoms with Crippen LogP contribution in [-0.2, 0) is 6.42 Å². The van der Waals surface area contributed by atoms with Crippen molar-refractivity contribution in [2.45, 2.75) is 46.3 Å². The van der Waals surface area contributed by atoms with Gasteiger partial charge in [-0.1, -0.05) is 24.8 Å². The Bertz CT molecular complexity index is 373.